The van der Waals surface area contributed by atoms with Gasteiger partial charge in [-0.15, -0.1) is 0 Å². The highest BCUT2D eigenvalue weighted by Crippen LogP contribution is 2.57. The molecule has 3 N–H and O–H groups in total. The van der Waals surface area contributed by atoms with Crippen LogP contribution in [0.3, 0.4) is 0 Å². The summed E-state index contributed by atoms with van der Waals surface area (Å²) in [5.41, 5.74) is 1.85. The van der Waals surface area contributed by atoms with Crippen molar-refractivity contribution in [1.29, 1.82) is 0 Å². The highest BCUT2D eigenvalue weighted by molar-refractivity contribution is 6.00. The average molecular weight is 426 g/mol. The SMILES string of the molecule is CNc1cc(Nc2cc(F)cc3c2OCC32CC2)nc2c(C(=O)N[C@@H]3C[C@@H]3F)cnn12. The first-order valence-electron chi connectivity index (χ1n) is 10.2. The van der Waals surface area contributed by atoms with Crippen LogP contribution in [0.5, 0.6) is 5.75 Å². The maximum atomic E-state index is 14.3. The lowest BCUT2D eigenvalue weighted by molar-refractivity contribution is 0.0949. The highest BCUT2D eigenvalue weighted by atomic mass is 19.1. The van der Waals surface area contributed by atoms with Crippen LogP contribution in [-0.2, 0) is 5.41 Å². The number of hydrogen-bond acceptors (Lipinski definition) is 6. The molecule has 31 heavy (non-hydrogen) atoms. The lowest BCUT2D eigenvalue weighted by atomic mass is 9.98. The van der Waals surface area contributed by atoms with Crippen LogP contribution in [0, 0.1) is 5.82 Å². The summed E-state index contributed by atoms with van der Waals surface area (Å²) in [5, 5.41) is 13.0. The molecule has 2 aromatic heterocycles. The number of alkyl halides is 1. The van der Waals surface area contributed by atoms with Gasteiger partial charge in [-0.25, -0.2) is 13.8 Å². The number of ether oxygens (including phenoxy) is 1. The fraction of sp³-hybridized carbons (Fsp3) is 0.381. The molecule has 3 aromatic rings. The van der Waals surface area contributed by atoms with Gasteiger partial charge < -0.3 is 20.7 Å². The standard InChI is InChI=1S/C21H20F2N6O2/c1-24-17-7-16(26-15-5-10(22)4-12-18(15)31-9-21(12)2-3-21)28-19-11(8-25-29(17)19)20(30)27-14-6-13(14)23/h4-5,7-8,13-14,24H,2-3,6,9H2,1H3,(H,26,28)(H,27,30)/t13-,14+/m0/s1. The molecule has 1 aliphatic heterocycles. The predicted molar refractivity (Wildman–Crippen MR) is 109 cm³/mol. The minimum absolute atomic E-state index is 0.0603. The summed E-state index contributed by atoms with van der Waals surface area (Å²) in [5.74, 6) is 0.837. The fourth-order valence-corrected chi connectivity index (χ4v) is 4.15. The number of nitrogens with zero attached hydrogens (tertiary/aromatic N) is 3. The number of carbonyl (C=O) groups excluding carboxylic acids is 1. The van der Waals surface area contributed by atoms with Gasteiger partial charge in [-0.3, -0.25) is 4.79 Å². The number of carbonyl (C=O) groups is 1. The Bertz CT molecular complexity index is 1240. The molecule has 3 heterocycles. The van der Waals surface area contributed by atoms with Crippen LogP contribution >= 0.6 is 0 Å². The van der Waals surface area contributed by atoms with Crippen molar-refractivity contribution in [2.45, 2.75) is 36.9 Å². The number of benzene rings is 1. The third-order valence-electron chi connectivity index (χ3n) is 6.24. The quantitative estimate of drug-likeness (QED) is 0.581. The summed E-state index contributed by atoms with van der Waals surface area (Å²) in [6.07, 6.45) is 2.70. The number of amides is 1. The van der Waals surface area contributed by atoms with Crippen LogP contribution in [0.15, 0.2) is 24.4 Å². The van der Waals surface area contributed by atoms with Gasteiger partial charge in [0.1, 0.15) is 34.9 Å². The van der Waals surface area contributed by atoms with Crippen molar-refractivity contribution < 1.29 is 18.3 Å². The summed E-state index contributed by atoms with van der Waals surface area (Å²) in [7, 11) is 1.72. The number of aromatic nitrogens is 3. The second-order valence-corrected chi connectivity index (χ2v) is 8.43. The van der Waals surface area contributed by atoms with E-state index in [0.717, 1.165) is 18.4 Å². The van der Waals surface area contributed by atoms with Crippen molar-refractivity contribution in [2.75, 3.05) is 24.3 Å². The lowest BCUT2D eigenvalue weighted by Crippen LogP contribution is -2.27. The van der Waals surface area contributed by atoms with Gasteiger partial charge in [0.05, 0.1) is 24.5 Å². The summed E-state index contributed by atoms with van der Waals surface area (Å²) < 4.78 is 34.9. The molecule has 3 aliphatic rings. The predicted octanol–water partition coefficient (Wildman–Crippen LogP) is 2.92. The minimum Gasteiger partial charge on any atom is -0.490 e. The molecule has 1 spiro atoms. The first-order valence-corrected chi connectivity index (χ1v) is 10.2. The maximum absolute atomic E-state index is 14.3. The Morgan fingerprint density at radius 1 is 1.32 bits per heavy atom. The topological polar surface area (TPSA) is 92.6 Å². The molecular formula is C21H20F2N6O2. The van der Waals surface area contributed by atoms with E-state index in [1.54, 1.807) is 19.2 Å². The second kappa shape index (κ2) is 6.29. The third kappa shape index (κ3) is 2.88. The van der Waals surface area contributed by atoms with Crippen LogP contribution in [0.25, 0.3) is 5.65 Å². The van der Waals surface area contributed by atoms with E-state index in [2.05, 4.69) is 26.0 Å². The number of rotatable bonds is 5. The van der Waals surface area contributed by atoms with Gasteiger partial charge in [0.2, 0.25) is 0 Å². The van der Waals surface area contributed by atoms with E-state index in [-0.39, 0.29) is 16.8 Å². The number of halogens is 2. The van der Waals surface area contributed by atoms with Crippen LogP contribution in [-0.4, -0.2) is 46.4 Å². The van der Waals surface area contributed by atoms with Gasteiger partial charge in [-0.2, -0.15) is 9.61 Å². The molecule has 6 rings (SSSR count). The molecular weight excluding hydrogens is 406 g/mol. The van der Waals surface area contributed by atoms with E-state index in [1.165, 1.54) is 16.8 Å². The van der Waals surface area contributed by atoms with E-state index in [1.807, 2.05) is 0 Å². The molecule has 1 amide bonds. The fourth-order valence-electron chi connectivity index (χ4n) is 4.15. The smallest absolute Gasteiger partial charge is 0.257 e. The summed E-state index contributed by atoms with van der Waals surface area (Å²) in [4.78, 5) is 17.1. The van der Waals surface area contributed by atoms with Crippen molar-refractivity contribution in [3.63, 3.8) is 0 Å². The van der Waals surface area contributed by atoms with E-state index in [0.29, 0.717) is 41.7 Å². The number of anilines is 3. The molecule has 0 bridgehead atoms. The molecule has 8 nitrogen and oxygen atoms in total. The molecule has 2 aliphatic carbocycles. The summed E-state index contributed by atoms with van der Waals surface area (Å²) in [6, 6.07) is 4.17. The summed E-state index contributed by atoms with van der Waals surface area (Å²) >= 11 is 0. The van der Waals surface area contributed by atoms with Crippen molar-refractivity contribution in [3.05, 3.63) is 41.3 Å². The van der Waals surface area contributed by atoms with Gasteiger partial charge in [0.25, 0.3) is 5.91 Å². The van der Waals surface area contributed by atoms with E-state index in [4.69, 9.17) is 4.74 Å². The summed E-state index contributed by atoms with van der Waals surface area (Å²) in [6.45, 7) is 0.554. The monoisotopic (exact) mass is 426 g/mol. The zero-order chi connectivity index (χ0) is 21.3. The van der Waals surface area contributed by atoms with Crippen molar-refractivity contribution in [1.82, 2.24) is 19.9 Å². The molecule has 0 saturated heterocycles. The number of fused-ring (bicyclic) bond motifs is 3. The van der Waals surface area contributed by atoms with Gasteiger partial charge >= 0.3 is 0 Å². The zero-order valence-corrected chi connectivity index (χ0v) is 16.7. The molecule has 0 radical (unpaired) electrons. The minimum atomic E-state index is -1.01. The van der Waals surface area contributed by atoms with Crippen LogP contribution < -0.4 is 20.7 Å². The van der Waals surface area contributed by atoms with Crippen LogP contribution in [0.2, 0.25) is 0 Å². The van der Waals surface area contributed by atoms with E-state index < -0.39 is 18.1 Å². The molecule has 2 fully saturated rings. The van der Waals surface area contributed by atoms with Crippen molar-refractivity contribution >= 4 is 28.9 Å². The largest absolute Gasteiger partial charge is 0.490 e. The highest BCUT2D eigenvalue weighted by Gasteiger charge is 2.51. The third-order valence-corrected chi connectivity index (χ3v) is 6.24. The van der Waals surface area contributed by atoms with E-state index in [9.17, 15) is 13.6 Å². The lowest BCUT2D eigenvalue weighted by Gasteiger charge is -2.13. The molecule has 10 heteroatoms. The molecule has 1 aromatic carbocycles. The van der Waals surface area contributed by atoms with Gasteiger partial charge in [0, 0.05) is 36.6 Å². The van der Waals surface area contributed by atoms with Crippen LogP contribution in [0.4, 0.5) is 26.1 Å². The van der Waals surface area contributed by atoms with Gasteiger partial charge in [-0.1, -0.05) is 0 Å². The Morgan fingerprint density at radius 2 is 2.13 bits per heavy atom. The van der Waals surface area contributed by atoms with Crippen molar-refractivity contribution in [2.24, 2.45) is 0 Å². The molecule has 0 unspecified atom stereocenters. The van der Waals surface area contributed by atoms with Crippen LogP contribution in [0.1, 0.15) is 35.2 Å². The molecule has 160 valence electrons. The Kier molecular flexibility index (Phi) is 3.72. The normalized spacial score (nSPS) is 22.2. The molecule has 2 saturated carbocycles. The second-order valence-electron chi connectivity index (χ2n) is 8.43. The number of hydrogen-bond donors (Lipinski definition) is 3. The Morgan fingerprint density at radius 3 is 2.84 bits per heavy atom. The Labute approximate surface area is 176 Å². The van der Waals surface area contributed by atoms with E-state index >= 15 is 0 Å². The Hall–Kier alpha value is -3.43. The first kappa shape index (κ1) is 18.3. The maximum Gasteiger partial charge on any atom is 0.257 e. The number of nitrogens with one attached hydrogen (secondary N) is 3. The first-order chi connectivity index (χ1) is 15.0. The zero-order valence-electron chi connectivity index (χ0n) is 16.7. The average Bonchev–Trinajstić information content (AvgIpc) is 3.57. The van der Waals surface area contributed by atoms with Gasteiger partial charge in [0.15, 0.2) is 5.65 Å². The van der Waals surface area contributed by atoms with Crippen molar-refractivity contribution in [3.8, 4) is 5.75 Å². The Balaban J connectivity index is 1.39. The van der Waals surface area contributed by atoms with Gasteiger partial charge in [-0.05, 0) is 18.9 Å². The molecule has 2 atom stereocenters.